The summed E-state index contributed by atoms with van der Waals surface area (Å²) in [5.41, 5.74) is 1.19. The molecule has 2 aromatic rings. The number of hydrogen-bond donors (Lipinski definition) is 2. The van der Waals surface area contributed by atoms with Crippen molar-refractivity contribution in [1.29, 1.82) is 0 Å². The van der Waals surface area contributed by atoms with E-state index in [4.69, 9.17) is 4.74 Å². The average molecular weight is 444 g/mol. The molecule has 0 aliphatic carbocycles. The molecular weight excluding hydrogens is 413 g/mol. The molecule has 0 atom stereocenters. The van der Waals surface area contributed by atoms with Crippen molar-refractivity contribution in [2.45, 2.75) is 46.3 Å². The molecule has 2 N–H and O–H groups in total. The smallest absolute Gasteiger partial charge is 0.410 e. The van der Waals surface area contributed by atoms with Gasteiger partial charge in [0.1, 0.15) is 11.4 Å². The molecule has 7 nitrogen and oxygen atoms in total. The molecular formula is C24H30FN3O4. The van der Waals surface area contributed by atoms with Crippen LogP contribution in [-0.2, 0) is 27.3 Å². The first-order valence-electron chi connectivity index (χ1n) is 10.4. The van der Waals surface area contributed by atoms with Crippen molar-refractivity contribution in [3.05, 3.63) is 65.5 Å². The van der Waals surface area contributed by atoms with Crippen molar-refractivity contribution in [3.63, 3.8) is 0 Å². The first-order valence-corrected chi connectivity index (χ1v) is 10.4. The van der Waals surface area contributed by atoms with Gasteiger partial charge >= 0.3 is 6.09 Å². The summed E-state index contributed by atoms with van der Waals surface area (Å²) in [5, 5.41) is 5.29. The predicted molar refractivity (Wildman–Crippen MR) is 121 cm³/mol. The summed E-state index contributed by atoms with van der Waals surface area (Å²) in [7, 11) is 0. The summed E-state index contributed by atoms with van der Waals surface area (Å²) in [6, 6.07) is 12.9. The number of hydrogen-bond acceptors (Lipinski definition) is 4. The monoisotopic (exact) mass is 443 g/mol. The van der Waals surface area contributed by atoms with Gasteiger partial charge in [-0.15, -0.1) is 0 Å². The Kier molecular flexibility index (Phi) is 8.75. The number of amides is 3. The van der Waals surface area contributed by atoms with Gasteiger partial charge in [-0.25, -0.2) is 9.18 Å². The molecule has 0 aromatic heterocycles. The second-order valence-corrected chi connectivity index (χ2v) is 8.28. The van der Waals surface area contributed by atoms with E-state index in [-0.39, 0.29) is 25.4 Å². The zero-order valence-corrected chi connectivity index (χ0v) is 18.9. The van der Waals surface area contributed by atoms with Crippen molar-refractivity contribution in [3.8, 4) is 0 Å². The number of rotatable bonds is 8. The fraction of sp³-hybridized carbons (Fsp3) is 0.375. The number of carbonyl (C=O) groups is 3. The predicted octanol–water partition coefficient (Wildman–Crippen LogP) is 3.88. The van der Waals surface area contributed by atoms with Crippen LogP contribution in [0.15, 0.2) is 48.5 Å². The van der Waals surface area contributed by atoms with Crippen LogP contribution in [0.25, 0.3) is 0 Å². The molecule has 172 valence electrons. The molecule has 2 aromatic carbocycles. The molecule has 0 spiro atoms. The minimum Gasteiger partial charge on any atom is -0.444 e. The summed E-state index contributed by atoms with van der Waals surface area (Å²) < 4.78 is 18.7. The van der Waals surface area contributed by atoms with Crippen LogP contribution < -0.4 is 10.6 Å². The first kappa shape index (κ1) is 24.8. The number of halogens is 1. The van der Waals surface area contributed by atoms with Crippen LogP contribution in [0.2, 0.25) is 0 Å². The molecule has 0 aliphatic heterocycles. The molecule has 3 amide bonds. The Morgan fingerprint density at radius 2 is 1.75 bits per heavy atom. The number of anilines is 1. The third-order valence-corrected chi connectivity index (χ3v) is 4.39. The highest BCUT2D eigenvalue weighted by Crippen LogP contribution is 2.19. The Bertz CT molecular complexity index is 956. The lowest BCUT2D eigenvalue weighted by Gasteiger charge is -2.27. The molecule has 32 heavy (non-hydrogen) atoms. The SMILES string of the molecule is CCN(Cc1ccccc1NC(=O)CNC(=O)Cc1cccc(F)c1)C(=O)OC(C)(C)C. The number of nitrogens with zero attached hydrogens (tertiary/aromatic N) is 1. The van der Waals surface area contributed by atoms with Gasteiger partial charge in [-0.05, 0) is 57.0 Å². The van der Waals surface area contributed by atoms with Gasteiger partial charge in [0.2, 0.25) is 11.8 Å². The maximum absolute atomic E-state index is 13.2. The van der Waals surface area contributed by atoms with Crippen molar-refractivity contribution in [1.82, 2.24) is 10.2 Å². The Labute approximate surface area is 187 Å². The quantitative estimate of drug-likeness (QED) is 0.648. The Morgan fingerprint density at radius 3 is 2.41 bits per heavy atom. The largest absolute Gasteiger partial charge is 0.444 e. The topological polar surface area (TPSA) is 87.7 Å². The molecule has 0 bridgehead atoms. The van der Waals surface area contributed by atoms with Crippen molar-refractivity contribution in [2.24, 2.45) is 0 Å². The van der Waals surface area contributed by atoms with E-state index >= 15 is 0 Å². The number of ether oxygens (including phenoxy) is 1. The lowest BCUT2D eigenvalue weighted by atomic mass is 10.1. The number of nitrogens with one attached hydrogen (secondary N) is 2. The van der Waals surface area contributed by atoms with Crippen LogP contribution in [-0.4, -0.2) is 41.5 Å². The maximum Gasteiger partial charge on any atom is 0.410 e. The standard InChI is InChI=1S/C24H30FN3O4/c1-5-28(23(31)32-24(2,3)4)16-18-10-6-7-12-20(18)27-22(30)15-26-21(29)14-17-9-8-11-19(25)13-17/h6-13H,5,14-16H2,1-4H3,(H,26,29)(H,27,30). The van der Waals surface area contributed by atoms with E-state index < -0.39 is 23.4 Å². The van der Waals surface area contributed by atoms with Crippen molar-refractivity contribution >= 4 is 23.6 Å². The van der Waals surface area contributed by atoms with Gasteiger partial charge in [0.25, 0.3) is 0 Å². The second kappa shape index (κ2) is 11.3. The third kappa shape index (κ3) is 8.37. The van der Waals surface area contributed by atoms with Gasteiger partial charge in [0, 0.05) is 12.2 Å². The second-order valence-electron chi connectivity index (χ2n) is 8.28. The highest BCUT2D eigenvalue weighted by atomic mass is 19.1. The van der Waals surface area contributed by atoms with Crippen LogP contribution >= 0.6 is 0 Å². The molecule has 8 heteroatoms. The first-order chi connectivity index (χ1) is 15.1. The summed E-state index contributed by atoms with van der Waals surface area (Å²) in [6.45, 7) is 7.72. The van der Waals surface area contributed by atoms with E-state index in [9.17, 15) is 18.8 Å². The molecule has 0 aliphatic rings. The van der Waals surface area contributed by atoms with Crippen LogP contribution in [0.3, 0.4) is 0 Å². The lowest BCUT2D eigenvalue weighted by molar-refractivity contribution is -0.123. The van der Waals surface area contributed by atoms with Crippen molar-refractivity contribution < 1.29 is 23.5 Å². The zero-order chi connectivity index (χ0) is 23.7. The normalized spacial score (nSPS) is 10.9. The van der Waals surface area contributed by atoms with E-state index in [1.54, 1.807) is 39.0 Å². The summed E-state index contributed by atoms with van der Waals surface area (Å²) in [4.78, 5) is 38.4. The highest BCUT2D eigenvalue weighted by molar-refractivity contribution is 5.95. The van der Waals surface area contributed by atoms with Crippen LogP contribution in [0.1, 0.15) is 38.8 Å². The van der Waals surface area contributed by atoms with E-state index in [2.05, 4.69) is 10.6 Å². The average Bonchev–Trinajstić information content (AvgIpc) is 2.70. The lowest BCUT2D eigenvalue weighted by Crippen LogP contribution is -2.37. The van der Waals surface area contributed by atoms with Gasteiger partial charge in [-0.2, -0.15) is 0 Å². The minimum atomic E-state index is -0.609. The van der Waals surface area contributed by atoms with E-state index in [0.717, 1.165) is 5.56 Å². The van der Waals surface area contributed by atoms with Crippen LogP contribution in [0, 0.1) is 5.82 Å². The summed E-state index contributed by atoms with van der Waals surface area (Å²) in [6.07, 6.45) is -0.464. The van der Waals surface area contributed by atoms with Gasteiger partial charge in [0.15, 0.2) is 0 Å². The van der Waals surface area contributed by atoms with Gasteiger partial charge in [-0.3, -0.25) is 9.59 Å². The van der Waals surface area contributed by atoms with Gasteiger partial charge in [-0.1, -0.05) is 30.3 Å². The Hall–Kier alpha value is -3.42. The van der Waals surface area contributed by atoms with Crippen LogP contribution in [0.4, 0.5) is 14.9 Å². The van der Waals surface area contributed by atoms with Crippen LogP contribution in [0.5, 0.6) is 0 Å². The highest BCUT2D eigenvalue weighted by Gasteiger charge is 2.22. The Morgan fingerprint density at radius 1 is 1.03 bits per heavy atom. The van der Waals surface area contributed by atoms with Crippen molar-refractivity contribution in [2.75, 3.05) is 18.4 Å². The van der Waals surface area contributed by atoms with Gasteiger partial charge < -0.3 is 20.3 Å². The van der Waals surface area contributed by atoms with Gasteiger partial charge in [0.05, 0.1) is 19.5 Å². The molecule has 2 rings (SSSR count). The molecule has 0 saturated carbocycles. The molecule has 0 radical (unpaired) electrons. The number of benzene rings is 2. The molecule has 0 heterocycles. The molecule has 0 unspecified atom stereocenters. The van der Waals surface area contributed by atoms with E-state index in [1.807, 2.05) is 19.1 Å². The third-order valence-electron chi connectivity index (χ3n) is 4.39. The fourth-order valence-electron chi connectivity index (χ4n) is 2.89. The summed E-state index contributed by atoms with van der Waals surface area (Å²) in [5.74, 6) is -1.22. The maximum atomic E-state index is 13.2. The zero-order valence-electron chi connectivity index (χ0n) is 18.9. The fourth-order valence-corrected chi connectivity index (χ4v) is 2.89. The number of para-hydroxylation sites is 1. The molecule has 0 saturated heterocycles. The Balaban J connectivity index is 1.94. The number of carbonyl (C=O) groups excluding carboxylic acids is 3. The minimum absolute atomic E-state index is 0.0248. The molecule has 0 fully saturated rings. The summed E-state index contributed by atoms with van der Waals surface area (Å²) >= 11 is 0. The van der Waals surface area contributed by atoms with E-state index in [0.29, 0.717) is 17.8 Å². The van der Waals surface area contributed by atoms with E-state index in [1.165, 1.54) is 23.1 Å².